The zero-order chi connectivity index (χ0) is 35.0. The number of ether oxygens (including phenoxy) is 1. The highest BCUT2D eigenvalue weighted by molar-refractivity contribution is 5.81. The highest BCUT2D eigenvalue weighted by Crippen LogP contribution is 2.40. The standard InChI is InChI=1S/C21H26O3.C20H28O2/c1-14(8-7-9-15(2)12-21(22)23)10-11-19-16(3)13-20(24-6)18(5)17(19)4;1-15(8-6-9-16(2)14-19(21)22)11-12-18-17(3)10-7-13-20(18,4)5/h7-13H,1-6H3,(H,22,23);6,8-9,11-12,14H,7,10,13H2,1-5H3,(H,21,22)/b9-7+,11-10+,14-8+,15-12+;9-6+,12-11+,15-8+,16-14-. The number of hydrogen-bond donors (Lipinski definition) is 2. The van der Waals surface area contributed by atoms with Crippen molar-refractivity contribution in [1.82, 2.24) is 0 Å². The number of hydrogen-bond acceptors (Lipinski definition) is 3. The van der Waals surface area contributed by atoms with Crippen molar-refractivity contribution in [2.75, 3.05) is 7.11 Å². The minimum Gasteiger partial charge on any atom is -0.496 e. The first-order chi connectivity index (χ1) is 21.5. The van der Waals surface area contributed by atoms with Crippen molar-refractivity contribution in [3.8, 4) is 5.75 Å². The molecule has 2 N–H and O–H groups in total. The van der Waals surface area contributed by atoms with Crippen LogP contribution in [0.4, 0.5) is 0 Å². The monoisotopic (exact) mass is 626 g/mol. The summed E-state index contributed by atoms with van der Waals surface area (Å²) in [5.74, 6) is -0.929. The lowest BCUT2D eigenvalue weighted by Gasteiger charge is -2.32. The molecule has 0 heterocycles. The molecule has 0 aliphatic heterocycles. The van der Waals surface area contributed by atoms with Gasteiger partial charge in [-0.25, -0.2) is 9.59 Å². The van der Waals surface area contributed by atoms with Crippen molar-refractivity contribution >= 4 is 18.0 Å². The SMILES string of the molecule is CC1=C(/C=C/C(C)=C/C=C/C(C)=C\C(=O)O)C(C)(C)CCC1.COc1cc(C)c(/C=C/C(C)=C/C=C/C(C)=C/C(=O)O)c(C)c1C. The maximum absolute atomic E-state index is 10.6. The lowest BCUT2D eigenvalue weighted by atomic mass is 9.72. The fourth-order valence-corrected chi connectivity index (χ4v) is 5.27. The molecule has 1 aliphatic carbocycles. The summed E-state index contributed by atoms with van der Waals surface area (Å²) in [6.07, 6.45) is 25.9. The van der Waals surface area contributed by atoms with Gasteiger partial charge in [-0.2, -0.15) is 0 Å². The number of carboxylic acid groups (broad SMARTS) is 2. The normalized spacial score (nSPS) is 16.5. The Labute approximate surface area is 277 Å². The number of aryl methyl sites for hydroxylation is 1. The van der Waals surface area contributed by atoms with Crippen LogP contribution in [0.15, 0.2) is 106 Å². The number of allylic oxidation sites excluding steroid dienone is 15. The molecule has 0 amide bonds. The molecule has 1 aliphatic rings. The highest BCUT2D eigenvalue weighted by Gasteiger charge is 2.26. The molecule has 0 fully saturated rings. The van der Waals surface area contributed by atoms with Crippen LogP contribution in [0.5, 0.6) is 5.75 Å². The number of methoxy groups -OCH3 is 1. The summed E-state index contributed by atoms with van der Waals surface area (Å²) in [6.45, 7) is 20.7. The van der Waals surface area contributed by atoms with Gasteiger partial charge in [0.25, 0.3) is 0 Å². The van der Waals surface area contributed by atoms with E-state index in [2.05, 4.69) is 78.8 Å². The third kappa shape index (κ3) is 14.2. The van der Waals surface area contributed by atoms with Gasteiger partial charge in [-0.3, -0.25) is 0 Å². The van der Waals surface area contributed by atoms with Gasteiger partial charge in [-0.1, -0.05) is 91.3 Å². The maximum Gasteiger partial charge on any atom is 0.328 e. The van der Waals surface area contributed by atoms with Gasteiger partial charge in [0.15, 0.2) is 0 Å². The second-order valence-corrected chi connectivity index (χ2v) is 12.7. The summed E-state index contributed by atoms with van der Waals surface area (Å²) in [6, 6.07) is 2.06. The number of rotatable bonds is 11. The predicted octanol–water partition coefficient (Wildman–Crippen LogP) is 10.8. The number of benzene rings is 1. The smallest absolute Gasteiger partial charge is 0.328 e. The van der Waals surface area contributed by atoms with Crippen LogP contribution in [0.1, 0.15) is 90.0 Å². The van der Waals surface area contributed by atoms with E-state index < -0.39 is 11.9 Å². The van der Waals surface area contributed by atoms with Crippen molar-refractivity contribution in [2.45, 2.75) is 88.5 Å². The maximum atomic E-state index is 10.6. The van der Waals surface area contributed by atoms with Crippen molar-refractivity contribution in [2.24, 2.45) is 5.41 Å². The lowest BCUT2D eigenvalue weighted by Crippen LogP contribution is -2.19. The van der Waals surface area contributed by atoms with Crippen LogP contribution in [0, 0.1) is 26.2 Å². The van der Waals surface area contributed by atoms with Gasteiger partial charge in [0.1, 0.15) is 5.75 Å². The molecule has 5 nitrogen and oxygen atoms in total. The molecule has 2 rings (SSSR count). The van der Waals surface area contributed by atoms with Crippen LogP contribution in [0.25, 0.3) is 6.08 Å². The molecule has 0 radical (unpaired) electrons. The van der Waals surface area contributed by atoms with Gasteiger partial charge in [-0.05, 0) is 125 Å². The molecule has 46 heavy (non-hydrogen) atoms. The van der Waals surface area contributed by atoms with E-state index in [1.54, 1.807) is 33.1 Å². The Balaban J connectivity index is 0.000000462. The topological polar surface area (TPSA) is 83.8 Å². The molecule has 5 heteroatoms. The summed E-state index contributed by atoms with van der Waals surface area (Å²) in [4.78, 5) is 21.1. The Morgan fingerprint density at radius 3 is 1.72 bits per heavy atom. The molecule has 1 aromatic carbocycles. The van der Waals surface area contributed by atoms with Gasteiger partial charge in [0.05, 0.1) is 7.11 Å². The Morgan fingerprint density at radius 1 is 0.761 bits per heavy atom. The third-order valence-electron chi connectivity index (χ3n) is 8.04. The summed E-state index contributed by atoms with van der Waals surface area (Å²) in [5, 5.41) is 17.3. The molecular weight excluding hydrogens is 572 g/mol. The molecule has 0 bridgehead atoms. The predicted molar refractivity (Wildman–Crippen MR) is 194 cm³/mol. The summed E-state index contributed by atoms with van der Waals surface area (Å²) in [5.41, 5.74) is 11.6. The zero-order valence-corrected chi connectivity index (χ0v) is 29.7. The van der Waals surface area contributed by atoms with E-state index >= 15 is 0 Å². The number of carboxylic acids is 2. The fraction of sp³-hybridized carbons (Fsp3) is 0.366. The molecule has 0 spiro atoms. The van der Waals surface area contributed by atoms with Crippen molar-refractivity contribution < 1.29 is 24.5 Å². The molecule has 0 unspecified atom stereocenters. The first-order valence-corrected chi connectivity index (χ1v) is 15.7. The molecule has 0 atom stereocenters. The summed E-state index contributed by atoms with van der Waals surface area (Å²) in [7, 11) is 1.69. The average Bonchev–Trinajstić information content (AvgIpc) is 2.93. The van der Waals surface area contributed by atoms with Crippen LogP contribution in [-0.4, -0.2) is 29.3 Å². The Bertz CT molecular complexity index is 1530. The van der Waals surface area contributed by atoms with Crippen LogP contribution < -0.4 is 4.74 Å². The van der Waals surface area contributed by atoms with Gasteiger partial charge in [0.2, 0.25) is 0 Å². The minimum atomic E-state index is -0.932. The van der Waals surface area contributed by atoms with Crippen molar-refractivity contribution in [3.63, 3.8) is 0 Å². The Kier molecular flexibility index (Phi) is 16.6. The van der Waals surface area contributed by atoms with Crippen LogP contribution in [-0.2, 0) is 9.59 Å². The van der Waals surface area contributed by atoms with Crippen LogP contribution in [0.3, 0.4) is 0 Å². The quantitative estimate of drug-likeness (QED) is 0.189. The second-order valence-electron chi connectivity index (χ2n) is 12.7. The number of carbonyl (C=O) groups is 2. The zero-order valence-electron chi connectivity index (χ0n) is 29.7. The Morgan fingerprint density at radius 2 is 1.26 bits per heavy atom. The molecule has 1 aromatic rings. The lowest BCUT2D eigenvalue weighted by molar-refractivity contribution is -0.132. The van der Waals surface area contributed by atoms with Gasteiger partial charge in [0, 0.05) is 12.2 Å². The van der Waals surface area contributed by atoms with E-state index in [1.807, 2.05) is 31.2 Å². The molecule has 0 saturated carbocycles. The molecule has 0 aromatic heterocycles. The van der Waals surface area contributed by atoms with Gasteiger partial charge in [-0.15, -0.1) is 0 Å². The van der Waals surface area contributed by atoms with E-state index in [9.17, 15) is 9.59 Å². The Hall–Kier alpha value is -4.38. The number of aliphatic carboxylic acids is 2. The van der Waals surface area contributed by atoms with Gasteiger partial charge < -0.3 is 14.9 Å². The van der Waals surface area contributed by atoms with Crippen LogP contribution in [0.2, 0.25) is 0 Å². The van der Waals surface area contributed by atoms with E-state index in [4.69, 9.17) is 14.9 Å². The van der Waals surface area contributed by atoms with Crippen molar-refractivity contribution in [3.05, 3.63) is 129 Å². The van der Waals surface area contributed by atoms with E-state index in [1.165, 1.54) is 59.3 Å². The van der Waals surface area contributed by atoms with Crippen molar-refractivity contribution in [1.29, 1.82) is 0 Å². The van der Waals surface area contributed by atoms with Crippen LogP contribution >= 0.6 is 0 Å². The first-order valence-electron chi connectivity index (χ1n) is 15.7. The molecule has 0 saturated heterocycles. The molecular formula is C41H54O5. The van der Waals surface area contributed by atoms with E-state index in [0.717, 1.165) is 28.0 Å². The second kappa shape index (κ2) is 19.2. The largest absolute Gasteiger partial charge is 0.496 e. The fourth-order valence-electron chi connectivity index (χ4n) is 5.27. The van der Waals surface area contributed by atoms with E-state index in [0.29, 0.717) is 5.57 Å². The third-order valence-corrected chi connectivity index (χ3v) is 8.04. The average molecular weight is 627 g/mol. The first kappa shape index (κ1) is 39.6. The summed E-state index contributed by atoms with van der Waals surface area (Å²) < 4.78 is 5.40. The van der Waals surface area contributed by atoms with Gasteiger partial charge >= 0.3 is 11.9 Å². The highest BCUT2D eigenvalue weighted by atomic mass is 16.5. The summed E-state index contributed by atoms with van der Waals surface area (Å²) >= 11 is 0. The minimum absolute atomic E-state index is 0.260. The molecule has 248 valence electrons. The van der Waals surface area contributed by atoms with E-state index in [-0.39, 0.29) is 5.41 Å².